The Labute approximate surface area is 228 Å². The van der Waals surface area contributed by atoms with Gasteiger partial charge in [-0.1, -0.05) is 74.2 Å². The van der Waals surface area contributed by atoms with E-state index < -0.39 is 24.3 Å². The summed E-state index contributed by atoms with van der Waals surface area (Å²) in [5, 5.41) is 1.44. The maximum absolute atomic E-state index is 15.3. The molecule has 0 aliphatic heterocycles. The van der Waals surface area contributed by atoms with Crippen molar-refractivity contribution in [3.8, 4) is 5.75 Å². The Hall–Kier alpha value is -2.89. The molecule has 0 aromatic heterocycles. The Morgan fingerprint density at radius 3 is 2.21 bits per heavy atom. The Morgan fingerprint density at radius 1 is 0.821 bits per heavy atom. The zero-order valence-corrected chi connectivity index (χ0v) is 22.5. The van der Waals surface area contributed by atoms with Crippen LogP contribution in [0.5, 0.6) is 5.75 Å². The highest BCUT2D eigenvalue weighted by molar-refractivity contribution is 5.84. The van der Waals surface area contributed by atoms with Crippen LogP contribution in [0.1, 0.15) is 68.6 Å². The predicted molar refractivity (Wildman–Crippen MR) is 147 cm³/mol. The summed E-state index contributed by atoms with van der Waals surface area (Å²) >= 11 is 0. The second-order valence-corrected chi connectivity index (χ2v) is 10.8. The number of benzene rings is 3. The zero-order chi connectivity index (χ0) is 27.8. The van der Waals surface area contributed by atoms with E-state index in [2.05, 4.69) is 29.9 Å². The first-order valence-electron chi connectivity index (χ1n) is 14.0. The number of fused-ring (bicyclic) bond motifs is 1. The molecule has 39 heavy (non-hydrogen) atoms. The topological polar surface area (TPSA) is 9.23 Å². The molecule has 1 fully saturated rings. The minimum Gasteiger partial charge on any atom is -0.481 e. The van der Waals surface area contributed by atoms with Crippen LogP contribution in [0.25, 0.3) is 10.8 Å². The fourth-order valence-electron chi connectivity index (χ4n) is 5.67. The summed E-state index contributed by atoms with van der Waals surface area (Å²) in [7, 11) is 0. The van der Waals surface area contributed by atoms with Crippen molar-refractivity contribution in [3.05, 3.63) is 89.0 Å². The van der Waals surface area contributed by atoms with Crippen LogP contribution in [0, 0.1) is 23.5 Å². The molecule has 0 radical (unpaired) electrons. The fraction of sp³-hybridized carbons (Fsp3) is 0.455. The molecule has 6 heteroatoms. The molecule has 0 amide bonds. The Balaban J connectivity index is 1.30. The first-order chi connectivity index (χ1) is 18.7. The SMILES string of the molecule is C/C=C/CCC1CCC(CCc2ccc3c(F)c(CCc4ccc(OCC(F)(F)F)c(F)c4)ccc3c2)CC1. The lowest BCUT2D eigenvalue weighted by atomic mass is 9.78. The average molecular weight is 545 g/mol. The van der Waals surface area contributed by atoms with Gasteiger partial charge in [0, 0.05) is 5.39 Å². The highest BCUT2D eigenvalue weighted by Crippen LogP contribution is 2.34. The maximum atomic E-state index is 15.3. The summed E-state index contributed by atoms with van der Waals surface area (Å²) < 4.78 is 70.9. The van der Waals surface area contributed by atoms with E-state index in [1.165, 1.54) is 62.6 Å². The highest BCUT2D eigenvalue weighted by atomic mass is 19.4. The molecule has 1 nitrogen and oxygen atoms in total. The third kappa shape index (κ3) is 8.55. The van der Waals surface area contributed by atoms with E-state index in [4.69, 9.17) is 0 Å². The number of alkyl halides is 3. The lowest BCUT2D eigenvalue weighted by molar-refractivity contribution is -0.153. The molecule has 0 unspecified atom stereocenters. The third-order valence-corrected chi connectivity index (χ3v) is 7.95. The largest absolute Gasteiger partial charge is 0.481 e. The van der Waals surface area contributed by atoms with Crippen LogP contribution < -0.4 is 4.74 Å². The van der Waals surface area contributed by atoms with Crippen molar-refractivity contribution in [3.63, 3.8) is 0 Å². The monoisotopic (exact) mass is 544 g/mol. The second kappa shape index (κ2) is 13.5. The lowest BCUT2D eigenvalue weighted by Crippen LogP contribution is -2.19. The Bertz CT molecular complexity index is 1250. The summed E-state index contributed by atoms with van der Waals surface area (Å²) in [5.74, 6) is 0.0527. The number of halogens is 5. The van der Waals surface area contributed by atoms with E-state index >= 15 is 4.39 Å². The summed E-state index contributed by atoms with van der Waals surface area (Å²) in [6.07, 6.45) is 10.5. The van der Waals surface area contributed by atoms with Crippen LogP contribution >= 0.6 is 0 Å². The third-order valence-electron chi connectivity index (χ3n) is 7.95. The molecule has 0 atom stereocenters. The van der Waals surface area contributed by atoms with Crippen LogP contribution in [0.2, 0.25) is 0 Å². The van der Waals surface area contributed by atoms with Gasteiger partial charge >= 0.3 is 6.18 Å². The number of rotatable bonds is 11. The number of hydrogen-bond acceptors (Lipinski definition) is 1. The van der Waals surface area contributed by atoms with Gasteiger partial charge in [0.1, 0.15) is 5.82 Å². The summed E-state index contributed by atoms with van der Waals surface area (Å²) in [6, 6.07) is 13.5. The minimum atomic E-state index is -4.54. The smallest absolute Gasteiger partial charge is 0.422 e. The van der Waals surface area contributed by atoms with Gasteiger partial charge in [-0.3, -0.25) is 0 Å². The molecule has 0 saturated heterocycles. The molecule has 0 spiro atoms. The van der Waals surface area contributed by atoms with Gasteiger partial charge in [0.25, 0.3) is 0 Å². The molecule has 1 saturated carbocycles. The van der Waals surface area contributed by atoms with Crippen molar-refractivity contribution < 1.29 is 26.7 Å². The van der Waals surface area contributed by atoms with E-state index in [1.807, 2.05) is 18.2 Å². The molecular formula is C33H37F5O. The summed E-state index contributed by atoms with van der Waals surface area (Å²) in [5.41, 5.74) is 2.32. The molecule has 4 rings (SSSR count). The van der Waals surface area contributed by atoms with E-state index in [1.54, 1.807) is 6.07 Å². The number of hydrogen-bond donors (Lipinski definition) is 0. The minimum absolute atomic E-state index is 0.277. The number of aryl methyl sites for hydroxylation is 3. The van der Waals surface area contributed by atoms with Crippen LogP contribution in [-0.2, 0) is 19.3 Å². The first-order valence-corrected chi connectivity index (χ1v) is 14.0. The molecule has 1 aliphatic rings. The van der Waals surface area contributed by atoms with Gasteiger partial charge in [-0.15, -0.1) is 0 Å². The molecule has 0 heterocycles. The van der Waals surface area contributed by atoms with E-state index in [0.717, 1.165) is 29.7 Å². The van der Waals surface area contributed by atoms with Gasteiger partial charge in [0.05, 0.1) is 0 Å². The quantitative estimate of drug-likeness (QED) is 0.172. The molecule has 3 aromatic carbocycles. The highest BCUT2D eigenvalue weighted by Gasteiger charge is 2.29. The van der Waals surface area contributed by atoms with Gasteiger partial charge in [-0.2, -0.15) is 13.2 Å². The molecule has 1 aliphatic carbocycles. The first kappa shape index (κ1) is 29.1. The number of ether oxygens (including phenoxy) is 1. The van der Waals surface area contributed by atoms with E-state index in [9.17, 15) is 17.6 Å². The normalized spacial score (nSPS) is 18.2. The van der Waals surface area contributed by atoms with Crippen LogP contribution in [0.4, 0.5) is 22.0 Å². The van der Waals surface area contributed by atoms with Crippen molar-refractivity contribution in [1.29, 1.82) is 0 Å². The van der Waals surface area contributed by atoms with Crippen LogP contribution in [-0.4, -0.2) is 12.8 Å². The summed E-state index contributed by atoms with van der Waals surface area (Å²) in [6.45, 7) is 0.529. The standard InChI is InChI=1S/C33H37F5O/c1-2-3-4-5-23-6-8-24(9-7-23)10-11-25-13-18-29-28(20-25)17-16-27(32(29)35)15-12-26-14-19-31(30(34)21-26)39-22-33(36,37)38/h2-3,13-14,16-21,23-24H,4-12,15,22H2,1H3/b3-2+. The zero-order valence-electron chi connectivity index (χ0n) is 22.5. The van der Waals surface area contributed by atoms with Gasteiger partial charge in [0.15, 0.2) is 18.2 Å². The molecule has 0 N–H and O–H groups in total. The maximum Gasteiger partial charge on any atom is 0.422 e. The second-order valence-electron chi connectivity index (χ2n) is 10.8. The van der Waals surface area contributed by atoms with Gasteiger partial charge in [0.2, 0.25) is 0 Å². The lowest BCUT2D eigenvalue weighted by Gasteiger charge is -2.28. The summed E-state index contributed by atoms with van der Waals surface area (Å²) in [4.78, 5) is 0. The molecule has 0 bridgehead atoms. The molecular weight excluding hydrogens is 507 g/mol. The number of allylic oxidation sites excluding steroid dienone is 2. The van der Waals surface area contributed by atoms with Gasteiger partial charge in [-0.25, -0.2) is 8.78 Å². The van der Waals surface area contributed by atoms with Crippen molar-refractivity contribution in [2.75, 3.05) is 6.61 Å². The fourth-order valence-corrected chi connectivity index (χ4v) is 5.67. The van der Waals surface area contributed by atoms with Crippen molar-refractivity contribution in [2.24, 2.45) is 11.8 Å². The predicted octanol–water partition coefficient (Wildman–Crippen LogP) is 9.94. The van der Waals surface area contributed by atoms with Gasteiger partial charge in [-0.05, 0) is 91.5 Å². The van der Waals surface area contributed by atoms with E-state index in [-0.39, 0.29) is 5.82 Å². The molecule has 3 aromatic rings. The van der Waals surface area contributed by atoms with Crippen molar-refractivity contribution >= 4 is 10.8 Å². The van der Waals surface area contributed by atoms with Crippen LogP contribution in [0.3, 0.4) is 0 Å². The Morgan fingerprint density at radius 2 is 1.51 bits per heavy atom. The van der Waals surface area contributed by atoms with Crippen LogP contribution in [0.15, 0.2) is 60.7 Å². The molecule has 210 valence electrons. The van der Waals surface area contributed by atoms with Crippen molar-refractivity contribution in [2.45, 2.75) is 77.3 Å². The van der Waals surface area contributed by atoms with Crippen molar-refractivity contribution in [1.82, 2.24) is 0 Å². The van der Waals surface area contributed by atoms with Gasteiger partial charge < -0.3 is 4.74 Å². The van der Waals surface area contributed by atoms with E-state index in [0.29, 0.717) is 29.4 Å². The average Bonchev–Trinajstić information content (AvgIpc) is 2.91. The Kier molecular flexibility index (Phi) is 10.0.